The molecule has 0 spiro atoms. The molecule has 2 unspecified atom stereocenters. The standard InChI is InChI=1S/C22H37N5O/c1-5-6-13-23-22(24-16-21(28)26(3)4)25-20-12-14-27(18(2)15-20)17-19-10-8-7-9-11-19/h7-11,18,20H,5-6,12-17H2,1-4H3,(H2,23,24,25). The van der Waals surface area contributed by atoms with Crippen LogP contribution in [0.15, 0.2) is 35.3 Å². The van der Waals surface area contributed by atoms with E-state index < -0.39 is 0 Å². The number of amides is 1. The van der Waals surface area contributed by atoms with E-state index in [1.54, 1.807) is 19.0 Å². The van der Waals surface area contributed by atoms with Gasteiger partial charge in [0.15, 0.2) is 5.96 Å². The quantitative estimate of drug-likeness (QED) is 0.409. The lowest BCUT2D eigenvalue weighted by atomic mass is 9.97. The fourth-order valence-electron chi connectivity index (χ4n) is 3.42. The number of aliphatic imine (C=N–C) groups is 1. The van der Waals surface area contributed by atoms with Gasteiger partial charge in [-0.3, -0.25) is 9.69 Å². The van der Waals surface area contributed by atoms with Crippen LogP contribution in [0.1, 0.15) is 45.1 Å². The molecule has 0 radical (unpaired) electrons. The third-order valence-corrected chi connectivity index (χ3v) is 5.28. The van der Waals surface area contributed by atoms with Gasteiger partial charge in [-0.1, -0.05) is 43.7 Å². The summed E-state index contributed by atoms with van der Waals surface area (Å²) >= 11 is 0. The van der Waals surface area contributed by atoms with E-state index in [0.717, 1.165) is 51.3 Å². The maximum Gasteiger partial charge on any atom is 0.243 e. The summed E-state index contributed by atoms with van der Waals surface area (Å²) in [5.74, 6) is 0.778. The van der Waals surface area contributed by atoms with Crippen LogP contribution in [-0.2, 0) is 11.3 Å². The van der Waals surface area contributed by atoms with Gasteiger partial charge in [0.05, 0.1) is 0 Å². The predicted molar refractivity (Wildman–Crippen MR) is 116 cm³/mol. The van der Waals surface area contributed by atoms with Crippen molar-refractivity contribution in [2.24, 2.45) is 4.99 Å². The molecule has 2 N–H and O–H groups in total. The predicted octanol–water partition coefficient (Wildman–Crippen LogP) is 2.46. The number of piperidine rings is 1. The average molecular weight is 388 g/mol. The van der Waals surface area contributed by atoms with Crippen molar-refractivity contribution in [3.05, 3.63) is 35.9 Å². The molecule has 1 aliphatic rings. The summed E-state index contributed by atoms with van der Waals surface area (Å²) in [7, 11) is 3.53. The number of likely N-dealkylation sites (N-methyl/N-ethyl adjacent to an activating group) is 1. The Morgan fingerprint density at radius 1 is 1.29 bits per heavy atom. The van der Waals surface area contributed by atoms with Gasteiger partial charge >= 0.3 is 0 Å². The van der Waals surface area contributed by atoms with Crippen LogP contribution in [-0.4, -0.2) is 67.5 Å². The third-order valence-electron chi connectivity index (χ3n) is 5.28. The number of nitrogens with zero attached hydrogens (tertiary/aromatic N) is 3. The third kappa shape index (κ3) is 7.50. The van der Waals surface area contributed by atoms with Crippen LogP contribution >= 0.6 is 0 Å². The minimum Gasteiger partial charge on any atom is -0.356 e. The minimum absolute atomic E-state index is 0.0163. The first-order valence-electron chi connectivity index (χ1n) is 10.5. The summed E-state index contributed by atoms with van der Waals surface area (Å²) < 4.78 is 0. The van der Waals surface area contributed by atoms with Gasteiger partial charge < -0.3 is 15.5 Å². The molecule has 1 aromatic carbocycles. The molecular weight excluding hydrogens is 350 g/mol. The molecule has 1 aromatic rings. The van der Waals surface area contributed by atoms with Crippen molar-refractivity contribution in [1.82, 2.24) is 20.4 Å². The van der Waals surface area contributed by atoms with E-state index in [1.807, 2.05) is 0 Å². The first kappa shape index (κ1) is 22.2. The largest absolute Gasteiger partial charge is 0.356 e. The second-order valence-electron chi connectivity index (χ2n) is 7.90. The van der Waals surface area contributed by atoms with Gasteiger partial charge in [-0.05, 0) is 31.7 Å². The fourth-order valence-corrected chi connectivity index (χ4v) is 3.42. The van der Waals surface area contributed by atoms with Crippen molar-refractivity contribution in [2.75, 3.05) is 33.7 Å². The number of guanidine groups is 1. The van der Waals surface area contributed by atoms with Crippen LogP contribution in [0.4, 0.5) is 0 Å². The highest BCUT2D eigenvalue weighted by molar-refractivity contribution is 5.84. The van der Waals surface area contributed by atoms with Crippen molar-refractivity contribution in [2.45, 2.75) is 58.2 Å². The Hall–Kier alpha value is -2.08. The molecule has 2 rings (SSSR count). The Labute approximate surface area is 170 Å². The Balaban J connectivity index is 1.89. The number of rotatable bonds is 8. The zero-order chi connectivity index (χ0) is 20.4. The maximum atomic E-state index is 11.9. The van der Waals surface area contributed by atoms with Crippen molar-refractivity contribution < 1.29 is 4.79 Å². The molecule has 6 nitrogen and oxygen atoms in total. The van der Waals surface area contributed by atoms with Gasteiger partial charge in [0.25, 0.3) is 0 Å². The molecule has 1 fully saturated rings. The first-order valence-corrected chi connectivity index (χ1v) is 10.5. The second kappa shape index (κ2) is 11.7. The Kier molecular flexibility index (Phi) is 9.28. The van der Waals surface area contributed by atoms with Gasteiger partial charge in [0.2, 0.25) is 5.91 Å². The molecule has 156 valence electrons. The van der Waals surface area contributed by atoms with E-state index >= 15 is 0 Å². The molecule has 28 heavy (non-hydrogen) atoms. The molecule has 0 bridgehead atoms. The zero-order valence-corrected chi connectivity index (χ0v) is 17.9. The number of hydrogen-bond acceptors (Lipinski definition) is 3. The normalized spacial score (nSPS) is 20.6. The Morgan fingerprint density at radius 3 is 2.68 bits per heavy atom. The number of hydrogen-bond donors (Lipinski definition) is 2. The smallest absolute Gasteiger partial charge is 0.243 e. The number of likely N-dealkylation sites (tertiary alicyclic amines) is 1. The molecular formula is C22H37N5O. The molecule has 6 heteroatoms. The summed E-state index contributed by atoms with van der Waals surface area (Å²) in [4.78, 5) is 20.5. The lowest BCUT2D eigenvalue weighted by Gasteiger charge is -2.38. The summed E-state index contributed by atoms with van der Waals surface area (Å²) in [6.45, 7) is 7.59. The Morgan fingerprint density at radius 2 is 2.04 bits per heavy atom. The van der Waals surface area contributed by atoms with Crippen LogP contribution in [0.3, 0.4) is 0 Å². The number of nitrogens with one attached hydrogen (secondary N) is 2. The first-order chi connectivity index (χ1) is 13.5. The maximum absolute atomic E-state index is 11.9. The molecule has 0 aromatic heterocycles. The number of carbonyl (C=O) groups excluding carboxylic acids is 1. The highest BCUT2D eigenvalue weighted by Crippen LogP contribution is 2.19. The van der Waals surface area contributed by atoms with Crippen LogP contribution in [0.5, 0.6) is 0 Å². The molecule has 1 heterocycles. The fraction of sp³-hybridized carbons (Fsp3) is 0.636. The van der Waals surface area contributed by atoms with E-state index in [4.69, 9.17) is 0 Å². The summed E-state index contributed by atoms with van der Waals surface area (Å²) in [5.41, 5.74) is 1.37. The van der Waals surface area contributed by atoms with Gasteiger partial charge in [-0.25, -0.2) is 4.99 Å². The van der Waals surface area contributed by atoms with Crippen LogP contribution in [0.25, 0.3) is 0 Å². The van der Waals surface area contributed by atoms with Crippen molar-refractivity contribution >= 4 is 11.9 Å². The van der Waals surface area contributed by atoms with E-state index in [9.17, 15) is 4.79 Å². The van der Waals surface area contributed by atoms with Crippen molar-refractivity contribution in [3.63, 3.8) is 0 Å². The number of carbonyl (C=O) groups is 1. The highest BCUT2D eigenvalue weighted by Gasteiger charge is 2.26. The summed E-state index contributed by atoms with van der Waals surface area (Å²) in [5, 5.41) is 6.95. The number of unbranched alkanes of at least 4 members (excludes halogenated alkanes) is 1. The van der Waals surface area contributed by atoms with Gasteiger partial charge in [-0.2, -0.15) is 0 Å². The number of benzene rings is 1. The minimum atomic E-state index is 0.0163. The lowest BCUT2D eigenvalue weighted by molar-refractivity contribution is -0.127. The van der Waals surface area contributed by atoms with Crippen molar-refractivity contribution in [3.8, 4) is 0 Å². The highest BCUT2D eigenvalue weighted by atomic mass is 16.2. The van der Waals surface area contributed by atoms with E-state index in [1.165, 1.54) is 5.56 Å². The molecule has 2 atom stereocenters. The molecule has 0 saturated carbocycles. The summed E-state index contributed by atoms with van der Waals surface area (Å²) in [6, 6.07) is 11.6. The van der Waals surface area contributed by atoms with Crippen LogP contribution in [0, 0.1) is 0 Å². The molecule has 0 aliphatic carbocycles. The zero-order valence-electron chi connectivity index (χ0n) is 17.9. The Bertz CT molecular complexity index is 617. The monoisotopic (exact) mass is 387 g/mol. The van der Waals surface area contributed by atoms with Gasteiger partial charge in [-0.15, -0.1) is 0 Å². The SMILES string of the molecule is CCCCNC(=NCC(=O)N(C)C)NC1CCN(Cc2ccccc2)C(C)C1. The van der Waals surface area contributed by atoms with E-state index in [-0.39, 0.29) is 12.5 Å². The second-order valence-corrected chi connectivity index (χ2v) is 7.90. The van der Waals surface area contributed by atoms with Crippen LogP contribution in [0.2, 0.25) is 0 Å². The van der Waals surface area contributed by atoms with Crippen molar-refractivity contribution in [1.29, 1.82) is 0 Å². The lowest BCUT2D eigenvalue weighted by Crippen LogP contribution is -2.51. The molecule has 1 amide bonds. The van der Waals surface area contributed by atoms with Gasteiger partial charge in [0, 0.05) is 45.8 Å². The summed E-state index contributed by atoms with van der Waals surface area (Å²) in [6.07, 6.45) is 4.37. The topological polar surface area (TPSA) is 60.0 Å². The van der Waals surface area contributed by atoms with E-state index in [0.29, 0.717) is 12.1 Å². The van der Waals surface area contributed by atoms with Gasteiger partial charge in [0.1, 0.15) is 6.54 Å². The molecule has 1 aliphatic heterocycles. The molecule has 1 saturated heterocycles. The average Bonchev–Trinajstić information content (AvgIpc) is 2.68. The van der Waals surface area contributed by atoms with Crippen LogP contribution < -0.4 is 10.6 Å². The van der Waals surface area contributed by atoms with E-state index in [2.05, 4.69) is 64.7 Å².